The van der Waals surface area contributed by atoms with Crippen LogP contribution in [-0.4, -0.2) is 23.8 Å². The number of nitrogen functional groups attached to an aromatic ring is 1. The van der Waals surface area contributed by atoms with Crippen LogP contribution in [0.5, 0.6) is 0 Å². The van der Waals surface area contributed by atoms with Gasteiger partial charge in [0.05, 0.1) is 0 Å². The molecular formula is C16H25N3. The van der Waals surface area contributed by atoms with Gasteiger partial charge in [-0.05, 0) is 36.8 Å². The molecule has 0 unspecified atom stereocenters. The summed E-state index contributed by atoms with van der Waals surface area (Å²) in [7, 11) is 0. The Morgan fingerprint density at radius 1 is 1.32 bits per heavy atom. The van der Waals surface area contributed by atoms with E-state index < -0.39 is 0 Å². The number of amidine groups is 1. The van der Waals surface area contributed by atoms with Gasteiger partial charge in [-0.15, -0.1) is 0 Å². The summed E-state index contributed by atoms with van der Waals surface area (Å²) >= 11 is 0. The fraction of sp³-hybridized carbons (Fsp3) is 0.562. The molecule has 0 aliphatic carbocycles. The molecule has 0 aromatic heterocycles. The molecule has 19 heavy (non-hydrogen) atoms. The van der Waals surface area contributed by atoms with E-state index in [-0.39, 0.29) is 5.84 Å². The van der Waals surface area contributed by atoms with E-state index in [9.17, 15) is 0 Å². The predicted molar refractivity (Wildman–Crippen MR) is 80.4 cm³/mol. The van der Waals surface area contributed by atoms with Gasteiger partial charge in [0.2, 0.25) is 0 Å². The van der Waals surface area contributed by atoms with Crippen LogP contribution in [0, 0.1) is 10.8 Å². The summed E-state index contributed by atoms with van der Waals surface area (Å²) in [6.45, 7) is 7.85. The maximum atomic E-state index is 7.66. The summed E-state index contributed by atoms with van der Waals surface area (Å²) in [5, 5.41) is 7.66. The van der Waals surface area contributed by atoms with E-state index in [1.54, 1.807) is 0 Å². The zero-order valence-corrected chi connectivity index (χ0v) is 12.1. The molecule has 1 aliphatic heterocycles. The van der Waals surface area contributed by atoms with E-state index >= 15 is 0 Å². The van der Waals surface area contributed by atoms with Crippen LogP contribution in [0.15, 0.2) is 24.3 Å². The topological polar surface area (TPSA) is 53.1 Å². The number of rotatable bonds is 5. The Morgan fingerprint density at radius 3 is 2.58 bits per heavy atom. The molecule has 1 heterocycles. The van der Waals surface area contributed by atoms with E-state index in [0.717, 1.165) is 18.7 Å². The number of benzene rings is 1. The summed E-state index contributed by atoms with van der Waals surface area (Å²) in [6.07, 6.45) is 3.81. The predicted octanol–water partition coefficient (Wildman–Crippen LogP) is 2.98. The van der Waals surface area contributed by atoms with E-state index in [1.807, 2.05) is 18.2 Å². The minimum absolute atomic E-state index is 0.173. The van der Waals surface area contributed by atoms with Gasteiger partial charge in [0, 0.05) is 18.7 Å². The Kier molecular flexibility index (Phi) is 4.25. The molecule has 0 spiro atoms. The number of likely N-dealkylation sites (tertiary alicyclic amines) is 1. The largest absolute Gasteiger partial charge is 0.384 e. The molecule has 1 saturated heterocycles. The van der Waals surface area contributed by atoms with Crippen molar-refractivity contribution < 1.29 is 0 Å². The van der Waals surface area contributed by atoms with E-state index in [0.29, 0.717) is 5.41 Å². The molecule has 3 N–H and O–H groups in total. The smallest absolute Gasteiger partial charge is 0.123 e. The molecule has 0 atom stereocenters. The number of nitrogens with two attached hydrogens (primary N) is 1. The van der Waals surface area contributed by atoms with Crippen molar-refractivity contribution in [3.8, 4) is 0 Å². The number of hydrogen-bond acceptors (Lipinski definition) is 2. The highest BCUT2D eigenvalue weighted by Gasteiger charge is 2.34. The van der Waals surface area contributed by atoms with Crippen LogP contribution in [0.1, 0.15) is 44.2 Å². The fourth-order valence-corrected chi connectivity index (χ4v) is 3.15. The molecule has 1 fully saturated rings. The van der Waals surface area contributed by atoms with Gasteiger partial charge >= 0.3 is 0 Å². The SMILES string of the molecule is CCC1(CC)CCN(Cc2ccccc2C(=N)N)C1. The first-order valence-electron chi connectivity index (χ1n) is 7.25. The normalized spacial score (nSPS) is 18.6. The van der Waals surface area contributed by atoms with Crippen molar-refractivity contribution in [2.45, 2.75) is 39.7 Å². The average Bonchev–Trinajstić information content (AvgIpc) is 2.83. The van der Waals surface area contributed by atoms with E-state index in [4.69, 9.17) is 11.1 Å². The molecule has 2 rings (SSSR count). The zero-order chi connectivity index (χ0) is 13.9. The second-order valence-corrected chi connectivity index (χ2v) is 5.74. The number of nitrogens with one attached hydrogen (secondary N) is 1. The van der Waals surface area contributed by atoms with Crippen LogP contribution in [0.25, 0.3) is 0 Å². The van der Waals surface area contributed by atoms with Gasteiger partial charge in [-0.3, -0.25) is 10.3 Å². The van der Waals surface area contributed by atoms with Gasteiger partial charge in [-0.25, -0.2) is 0 Å². The molecule has 3 heteroatoms. The van der Waals surface area contributed by atoms with Crippen LogP contribution in [0.3, 0.4) is 0 Å². The Bertz CT molecular complexity index is 449. The van der Waals surface area contributed by atoms with Gasteiger partial charge in [0.15, 0.2) is 0 Å². The lowest BCUT2D eigenvalue weighted by atomic mass is 9.82. The lowest BCUT2D eigenvalue weighted by molar-refractivity contribution is 0.236. The van der Waals surface area contributed by atoms with Gasteiger partial charge < -0.3 is 5.73 Å². The first kappa shape index (κ1) is 14.1. The summed E-state index contributed by atoms with van der Waals surface area (Å²) in [4.78, 5) is 2.51. The monoisotopic (exact) mass is 259 g/mol. The minimum Gasteiger partial charge on any atom is -0.384 e. The third-order valence-corrected chi connectivity index (χ3v) is 4.72. The highest BCUT2D eigenvalue weighted by atomic mass is 15.2. The zero-order valence-electron chi connectivity index (χ0n) is 12.1. The molecule has 0 bridgehead atoms. The van der Waals surface area contributed by atoms with Crippen LogP contribution in [0.2, 0.25) is 0 Å². The quantitative estimate of drug-likeness (QED) is 0.631. The molecule has 0 amide bonds. The summed E-state index contributed by atoms with van der Waals surface area (Å²) in [5.41, 5.74) is 8.23. The Labute approximate surface area is 116 Å². The average molecular weight is 259 g/mol. The maximum absolute atomic E-state index is 7.66. The third-order valence-electron chi connectivity index (χ3n) is 4.72. The lowest BCUT2D eigenvalue weighted by Gasteiger charge is -2.26. The second kappa shape index (κ2) is 5.74. The molecule has 3 nitrogen and oxygen atoms in total. The Morgan fingerprint density at radius 2 is 2.00 bits per heavy atom. The molecule has 0 radical (unpaired) electrons. The van der Waals surface area contributed by atoms with Crippen molar-refractivity contribution in [3.05, 3.63) is 35.4 Å². The highest BCUT2D eigenvalue weighted by molar-refractivity contribution is 5.96. The van der Waals surface area contributed by atoms with Gasteiger partial charge in [0.25, 0.3) is 0 Å². The molecular weight excluding hydrogens is 234 g/mol. The van der Waals surface area contributed by atoms with Crippen LogP contribution in [0.4, 0.5) is 0 Å². The summed E-state index contributed by atoms with van der Waals surface area (Å²) in [6, 6.07) is 8.02. The van der Waals surface area contributed by atoms with Crippen molar-refractivity contribution in [2.24, 2.45) is 11.1 Å². The van der Waals surface area contributed by atoms with Gasteiger partial charge in [-0.2, -0.15) is 0 Å². The standard InChI is InChI=1S/C16H25N3/c1-3-16(4-2)9-10-19(12-16)11-13-7-5-6-8-14(13)15(17)18/h5-8H,3-4,9-12H2,1-2H3,(H3,17,18). The van der Waals surface area contributed by atoms with Crippen molar-refractivity contribution >= 4 is 5.84 Å². The Balaban J connectivity index is 2.09. The lowest BCUT2D eigenvalue weighted by Crippen LogP contribution is -2.27. The molecule has 1 aromatic carbocycles. The first-order chi connectivity index (χ1) is 9.10. The number of hydrogen-bond donors (Lipinski definition) is 2. The molecule has 1 aromatic rings. The molecule has 0 saturated carbocycles. The van der Waals surface area contributed by atoms with Crippen molar-refractivity contribution in [3.63, 3.8) is 0 Å². The van der Waals surface area contributed by atoms with Crippen molar-refractivity contribution in [2.75, 3.05) is 13.1 Å². The van der Waals surface area contributed by atoms with Crippen molar-refractivity contribution in [1.29, 1.82) is 5.41 Å². The second-order valence-electron chi connectivity index (χ2n) is 5.74. The van der Waals surface area contributed by atoms with Crippen molar-refractivity contribution in [1.82, 2.24) is 4.90 Å². The molecule has 1 aliphatic rings. The maximum Gasteiger partial charge on any atom is 0.123 e. The Hall–Kier alpha value is -1.35. The first-order valence-corrected chi connectivity index (χ1v) is 7.25. The highest BCUT2D eigenvalue weighted by Crippen LogP contribution is 2.37. The van der Waals surface area contributed by atoms with E-state index in [2.05, 4.69) is 24.8 Å². The number of nitrogens with zero attached hydrogens (tertiary/aromatic N) is 1. The summed E-state index contributed by atoms with van der Waals surface area (Å²) < 4.78 is 0. The van der Waals surface area contributed by atoms with E-state index in [1.165, 1.54) is 31.4 Å². The summed E-state index contributed by atoms with van der Waals surface area (Å²) in [5.74, 6) is 0.173. The third kappa shape index (κ3) is 2.98. The van der Waals surface area contributed by atoms with Gasteiger partial charge in [0.1, 0.15) is 5.84 Å². The van der Waals surface area contributed by atoms with Crippen LogP contribution < -0.4 is 5.73 Å². The van der Waals surface area contributed by atoms with Crippen LogP contribution >= 0.6 is 0 Å². The molecule has 104 valence electrons. The minimum atomic E-state index is 0.173. The van der Waals surface area contributed by atoms with Gasteiger partial charge in [-0.1, -0.05) is 38.1 Å². The van der Waals surface area contributed by atoms with Crippen LogP contribution in [-0.2, 0) is 6.54 Å². The fourth-order valence-electron chi connectivity index (χ4n) is 3.15.